The topological polar surface area (TPSA) is 260 Å². The summed E-state index contributed by atoms with van der Waals surface area (Å²) in [5.74, 6) is -3.07. The number of hydrogen-bond acceptors (Lipinski definition) is 7. The lowest BCUT2D eigenvalue weighted by Gasteiger charge is -2.29. The molecule has 270 valence electrons. The van der Waals surface area contributed by atoms with Crippen LogP contribution in [0.5, 0.6) is 0 Å². The van der Waals surface area contributed by atoms with E-state index < -0.39 is 47.7 Å². The Morgan fingerprint density at radius 3 is 2.22 bits per heavy atom. The molecule has 2 heterocycles. The number of carbonyl (C=O) groups is 5. The number of imidazole rings is 1. The largest absolute Gasteiger partial charge is 0.370 e. The number of aromatic amines is 2. The number of H-pyrrole nitrogens is 2. The summed E-state index contributed by atoms with van der Waals surface area (Å²) in [5.41, 5.74) is 19.8. The Bertz CT molecular complexity index is 1800. The van der Waals surface area contributed by atoms with Crippen molar-refractivity contribution in [3.63, 3.8) is 0 Å². The van der Waals surface area contributed by atoms with Gasteiger partial charge in [-0.3, -0.25) is 29.0 Å². The van der Waals surface area contributed by atoms with E-state index in [-0.39, 0.29) is 44.9 Å². The van der Waals surface area contributed by atoms with Crippen molar-refractivity contribution in [1.29, 1.82) is 0 Å². The molecule has 4 aromatic rings. The van der Waals surface area contributed by atoms with Crippen LogP contribution >= 0.6 is 0 Å². The average molecular weight is 700 g/mol. The molecule has 16 heteroatoms. The van der Waals surface area contributed by atoms with Crippen LogP contribution in [-0.2, 0) is 43.2 Å². The van der Waals surface area contributed by atoms with Crippen LogP contribution in [-0.4, -0.2) is 93.1 Å². The third-order valence-electron chi connectivity index (χ3n) is 8.13. The summed E-state index contributed by atoms with van der Waals surface area (Å²) in [5, 5.41) is 9.20. The van der Waals surface area contributed by atoms with Crippen LogP contribution in [0.25, 0.3) is 10.9 Å². The number of nitrogens with one attached hydrogen (secondary N) is 5. The molecule has 0 spiro atoms. The van der Waals surface area contributed by atoms with Gasteiger partial charge in [0, 0.05) is 61.8 Å². The zero-order valence-corrected chi connectivity index (χ0v) is 28.4. The minimum atomic E-state index is -1.15. The summed E-state index contributed by atoms with van der Waals surface area (Å²) < 4.78 is 0. The number of benzene rings is 2. The van der Waals surface area contributed by atoms with Crippen LogP contribution in [0.2, 0.25) is 0 Å². The molecule has 0 aliphatic rings. The van der Waals surface area contributed by atoms with Crippen LogP contribution < -0.4 is 33.2 Å². The van der Waals surface area contributed by atoms with Gasteiger partial charge in [0.05, 0.1) is 12.9 Å². The Balaban J connectivity index is 1.58. The SMILES string of the molecule is CC(=O)N[C@@H](Cc1cnc[nH]1)C(=O)N[C@@H](Cc1ccccc1)C(=O)N[C@@H](CCCN=C(N)N)C(=O)N(CCc1c[nH]c2ccccc12)CC(N)=O. The fourth-order valence-electron chi connectivity index (χ4n) is 5.71. The van der Waals surface area contributed by atoms with Crippen molar-refractivity contribution in [3.8, 4) is 0 Å². The lowest BCUT2D eigenvalue weighted by molar-refractivity contribution is -0.139. The van der Waals surface area contributed by atoms with Crippen molar-refractivity contribution in [2.24, 2.45) is 22.2 Å². The molecule has 0 aliphatic heterocycles. The maximum atomic E-state index is 14.1. The molecule has 0 fully saturated rings. The summed E-state index contributed by atoms with van der Waals surface area (Å²) >= 11 is 0. The molecule has 5 amide bonds. The van der Waals surface area contributed by atoms with Crippen LogP contribution in [0.3, 0.4) is 0 Å². The fourth-order valence-corrected chi connectivity index (χ4v) is 5.71. The molecule has 0 unspecified atom stereocenters. The normalized spacial score (nSPS) is 12.6. The van der Waals surface area contributed by atoms with E-state index in [9.17, 15) is 24.0 Å². The van der Waals surface area contributed by atoms with Gasteiger partial charge in [-0.25, -0.2) is 4.98 Å². The average Bonchev–Trinajstić information content (AvgIpc) is 3.77. The molecule has 4 rings (SSSR count). The second kappa shape index (κ2) is 18.5. The highest BCUT2D eigenvalue weighted by atomic mass is 16.2. The molecule has 0 saturated heterocycles. The summed E-state index contributed by atoms with van der Waals surface area (Å²) in [6.45, 7) is 1.23. The number of hydrogen-bond donors (Lipinski definition) is 8. The number of aliphatic imine (C=N–C) groups is 1. The molecule has 2 aromatic carbocycles. The van der Waals surface area contributed by atoms with Gasteiger partial charge in [-0.15, -0.1) is 0 Å². The molecule has 16 nitrogen and oxygen atoms in total. The molecule has 0 radical (unpaired) electrons. The Morgan fingerprint density at radius 1 is 0.863 bits per heavy atom. The number of aromatic nitrogens is 3. The second-order valence-electron chi connectivity index (χ2n) is 12.1. The van der Waals surface area contributed by atoms with Crippen molar-refractivity contribution >= 4 is 46.4 Å². The predicted molar refractivity (Wildman–Crippen MR) is 192 cm³/mol. The zero-order chi connectivity index (χ0) is 36.8. The monoisotopic (exact) mass is 699 g/mol. The lowest BCUT2D eigenvalue weighted by Crippen LogP contribution is -2.58. The third kappa shape index (κ3) is 11.7. The number of carbonyl (C=O) groups excluding carboxylic acids is 5. The Hall–Kier alpha value is -6.19. The Morgan fingerprint density at radius 2 is 1.55 bits per heavy atom. The number of primary amides is 1. The lowest BCUT2D eigenvalue weighted by atomic mass is 10.0. The summed E-state index contributed by atoms with van der Waals surface area (Å²) in [4.78, 5) is 81.4. The minimum absolute atomic E-state index is 0.0791. The van der Waals surface area contributed by atoms with Crippen molar-refractivity contribution in [3.05, 3.63) is 90.1 Å². The third-order valence-corrected chi connectivity index (χ3v) is 8.13. The van der Waals surface area contributed by atoms with Gasteiger partial charge in [0.2, 0.25) is 29.5 Å². The quantitative estimate of drug-likeness (QED) is 0.0367. The molecule has 3 atom stereocenters. The van der Waals surface area contributed by atoms with E-state index in [1.807, 2.05) is 36.5 Å². The first-order valence-corrected chi connectivity index (χ1v) is 16.6. The van der Waals surface area contributed by atoms with Crippen LogP contribution in [0.1, 0.15) is 36.6 Å². The van der Waals surface area contributed by atoms with E-state index >= 15 is 0 Å². The highest BCUT2D eigenvalue weighted by molar-refractivity contribution is 5.95. The van der Waals surface area contributed by atoms with Crippen LogP contribution in [0, 0.1) is 0 Å². The number of fused-ring (bicyclic) bond motifs is 1. The van der Waals surface area contributed by atoms with Gasteiger partial charge in [-0.2, -0.15) is 0 Å². The maximum absolute atomic E-state index is 14.1. The molecule has 2 aromatic heterocycles. The first-order valence-electron chi connectivity index (χ1n) is 16.6. The zero-order valence-electron chi connectivity index (χ0n) is 28.4. The van der Waals surface area contributed by atoms with Gasteiger partial charge in [0.25, 0.3) is 0 Å². The Labute approximate surface area is 295 Å². The number of amides is 5. The maximum Gasteiger partial charge on any atom is 0.245 e. The highest BCUT2D eigenvalue weighted by Gasteiger charge is 2.32. The molecule has 0 saturated carbocycles. The first kappa shape index (κ1) is 37.6. The number of para-hydroxylation sites is 1. The number of rotatable bonds is 19. The highest BCUT2D eigenvalue weighted by Crippen LogP contribution is 2.19. The van der Waals surface area contributed by atoms with E-state index in [0.29, 0.717) is 18.5 Å². The van der Waals surface area contributed by atoms with Gasteiger partial charge < -0.3 is 48.0 Å². The first-order chi connectivity index (χ1) is 24.5. The summed E-state index contributed by atoms with van der Waals surface area (Å²) in [6, 6.07) is 13.5. The van der Waals surface area contributed by atoms with Crippen LogP contribution in [0.15, 0.2) is 78.3 Å². The van der Waals surface area contributed by atoms with Crippen molar-refractivity contribution in [1.82, 2.24) is 35.8 Å². The van der Waals surface area contributed by atoms with E-state index in [0.717, 1.165) is 22.0 Å². The molecule has 0 aliphatic carbocycles. The number of nitrogens with two attached hydrogens (primary N) is 3. The second-order valence-corrected chi connectivity index (χ2v) is 12.1. The van der Waals surface area contributed by atoms with Crippen molar-refractivity contribution in [2.75, 3.05) is 19.6 Å². The van der Waals surface area contributed by atoms with E-state index in [4.69, 9.17) is 17.2 Å². The van der Waals surface area contributed by atoms with Crippen molar-refractivity contribution in [2.45, 2.75) is 57.2 Å². The molecule has 0 bridgehead atoms. The van der Waals surface area contributed by atoms with E-state index in [2.05, 4.69) is 35.9 Å². The molecule has 11 N–H and O–H groups in total. The van der Waals surface area contributed by atoms with Gasteiger partial charge in [-0.05, 0) is 36.5 Å². The van der Waals surface area contributed by atoms with Gasteiger partial charge in [0.15, 0.2) is 5.96 Å². The Kier molecular flexibility index (Phi) is 13.7. The standard InChI is InChI=1S/C35H45N11O5/c1-22(47)43-30(17-25-19-39-21-42-25)33(50)45-29(16-23-8-3-2-4-9-23)32(49)44-28(12-7-14-40-35(37)38)34(51)46(20-31(36)48)15-13-24-18-41-27-11-6-5-10-26(24)27/h2-6,8-11,18-19,21,28-30,41H,7,12-17,20H2,1H3,(H2,36,48)(H,39,42)(H,43,47)(H,44,49)(H,45,50)(H4,37,38,40)/t28-,29-,30-/m0/s1. The number of guanidine groups is 1. The molecule has 51 heavy (non-hydrogen) atoms. The van der Waals surface area contributed by atoms with Gasteiger partial charge >= 0.3 is 0 Å². The van der Waals surface area contributed by atoms with Gasteiger partial charge in [-0.1, -0.05) is 48.5 Å². The predicted octanol–water partition coefficient (Wildman–Crippen LogP) is -0.239. The summed E-state index contributed by atoms with van der Waals surface area (Å²) in [6.07, 6.45) is 5.84. The molecular formula is C35H45N11O5. The smallest absolute Gasteiger partial charge is 0.245 e. The number of nitrogens with zero attached hydrogens (tertiary/aromatic N) is 3. The minimum Gasteiger partial charge on any atom is -0.370 e. The van der Waals surface area contributed by atoms with E-state index in [1.54, 1.807) is 24.3 Å². The van der Waals surface area contributed by atoms with E-state index in [1.165, 1.54) is 24.3 Å². The van der Waals surface area contributed by atoms with Crippen LogP contribution in [0.4, 0.5) is 0 Å². The molecular weight excluding hydrogens is 654 g/mol. The van der Waals surface area contributed by atoms with Crippen molar-refractivity contribution < 1.29 is 24.0 Å². The fraction of sp³-hybridized carbons (Fsp3) is 0.343. The summed E-state index contributed by atoms with van der Waals surface area (Å²) in [7, 11) is 0. The van der Waals surface area contributed by atoms with Gasteiger partial charge in [0.1, 0.15) is 18.1 Å².